The summed E-state index contributed by atoms with van der Waals surface area (Å²) in [5, 5.41) is -0.0174. The van der Waals surface area contributed by atoms with E-state index in [1.165, 1.54) is 12.8 Å². The van der Waals surface area contributed by atoms with Crippen molar-refractivity contribution in [2.75, 3.05) is 6.54 Å². The number of sulfonamides is 1. The van der Waals surface area contributed by atoms with Crippen LogP contribution in [-0.2, 0) is 10.0 Å². The molecule has 1 heterocycles. The number of rotatable bonds is 0. The van der Waals surface area contributed by atoms with Crippen molar-refractivity contribution < 1.29 is 8.42 Å². The lowest BCUT2D eigenvalue weighted by Gasteiger charge is -2.21. The Labute approximate surface area is 72.6 Å². The summed E-state index contributed by atoms with van der Waals surface area (Å²) in [5.74, 6) is 1.65. The first-order valence-electron chi connectivity index (χ1n) is 4.67. The van der Waals surface area contributed by atoms with Crippen LogP contribution in [0.3, 0.4) is 0 Å². The molecule has 68 valence electrons. The fraction of sp³-hybridized carbons (Fsp3) is 1.00. The molecule has 0 aromatic carbocycles. The zero-order valence-electron chi connectivity index (χ0n) is 6.86. The van der Waals surface area contributed by atoms with Gasteiger partial charge >= 0.3 is 0 Å². The van der Waals surface area contributed by atoms with E-state index in [-0.39, 0.29) is 5.25 Å². The Kier molecular flexibility index (Phi) is 1.25. The molecule has 4 unspecified atom stereocenters. The molecule has 1 N–H and O–H groups in total. The van der Waals surface area contributed by atoms with Gasteiger partial charge in [-0.05, 0) is 37.0 Å². The lowest BCUT2D eigenvalue weighted by Crippen LogP contribution is -2.30. The van der Waals surface area contributed by atoms with Gasteiger partial charge in [0.1, 0.15) is 0 Å². The van der Waals surface area contributed by atoms with Gasteiger partial charge in [-0.2, -0.15) is 0 Å². The minimum atomic E-state index is -2.90. The summed E-state index contributed by atoms with van der Waals surface area (Å²) in [6.07, 6.45) is 3.59. The van der Waals surface area contributed by atoms with Gasteiger partial charge in [0, 0.05) is 6.54 Å². The summed E-state index contributed by atoms with van der Waals surface area (Å²) >= 11 is 0. The number of fused-ring (bicyclic) bond motifs is 5. The van der Waals surface area contributed by atoms with Crippen molar-refractivity contribution in [1.29, 1.82) is 0 Å². The van der Waals surface area contributed by atoms with Crippen molar-refractivity contribution >= 4 is 10.0 Å². The average molecular weight is 187 g/mol. The van der Waals surface area contributed by atoms with Crippen LogP contribution in [0.4, 0.5) is 0 Å². The molecule has 3 nitrogen and oxygen atoms in total. The molecular weight excluding hydrogens is 174 g/mol. The third-order valence-electron chi connectivity index (χ3n) is 3.88. The Balaban J connectivity index is 2.05. The van der Waals surface area contributed by atoms with Crippen LogP contribution in [0.2, 0.25) is 0 Å². The highest BCUT2D eigenvalue weighted by Gasteiger charge is 2.56. The zero-order valence-corrected chi connectivity index (χ0v) is 7.68. The molecule has 2 aliphatic carbocycles. The predicted molar refractivity (Wildman–Crippen MR) is 45.0 cm³/mol. The van der Waals surface area contributed by atoms with E-state index in [0.29, 0.717) is 24.3 Å². The van der Waals surface area contributed by atoms with E-state index in [4.69, 9.17) is 0 Å². The highest BCUT2D eigenvalue weighted by atomic mass is 32.2. The molecule has 0 radical (unpaired) electrons. The molecule has 1 aliphatic heterocycles. The van der Waals surface area contributed by atoms with Gasteiger partial charge in [0.2, 0.25) is 10.0 Å². The second kappa shape index (κ2) is 2.04. The fourth-order valence-electron chi connectivity index (χ4n) is 3.43. The highest BCUT2D eigenvalue weighted by Crippen LogP contribution is 2.52. The van der Waals surface area contributed by atoms with Gasteiger partial charge < -0.3 is 0 Å². The van der Waals surface area contributed by atoms with Gasteiger partial charge in [-0.25, -0.2) is 13.1 Å². The topological polar surface area (TPSA) is 46.2 Å². The minimum absolute atomic E-state index is 0.0174. The van der Waals surface area contributed by atoms with Crippen LogP contribution in [0.15, 0.2) is 0 Å². The maximum atomic E-state index is 11.5. The first kappa shape index (κ1) is 7.33. The van der Waals surface area contributed by atoms with E-state index in [1.54, 1.807) is 0 Å². The molecule has 12 heavy (non-hydrogen) atoms. The monoisotopic (exact) mass is 187 g/mol. The average Bonchev–Trinajstić information content (AvgIpc) is 2.61. The second-order valence-corrected chi connectivity index (χ2v) is 6.28. The zero-order chi connectivity index (χ0) is 8.34. The summed E-state index contributed by atoms with van der Waals surface area (Å²) in [6, 6.07) is 0. The Bertz CT molecular complexity index is 311. The van der Waals surface area contributed by atoms with Crippen LogP contribution in [0.25, 0.3) is 0 Å². The van der Waals surface area contributed by atoms with E-state index >= 15 is 0 Å². The Morgan fingerprint density at radius 1 is 1.17 bits per heavy atom. The van der Waals surface area contributed by atoms with E-state index in [2.05, 4.69) is 4.72 Å². The molecule has 0 aromatic heterocycles. The van der Waals surface area contributed by atoms with Gasteiger partial charge in [-0.3, -0.25) is 0 Å². The molecule has 4 atom stereocenters. The van der Waals surface area contributed by atoms with Crippen LogP contribution < -0.4 is 4.72 Å². The maximum Gasteiger partial charge on any atom is 0.215 e. The number of hydrogen-bond acceptors (Lipinski definition) is 2. The van der Waals surface area contributed by atoms with Crippen molar-refractivity contribution in [3.05, 3.63) is 0 Å². The smallest absolute Gasteiger partial charge is 0.215 e. The molecule has 2 bridgehead atoms. The summed E-state index contributed by atoms with van der Waals surface area (Å²) < 4.78 is 25.7. The SMILES string of the molecule is O=S1(=O)NCC2C3CCC(C3)C21. The van der Waals surface area contributed by atoms with Crippen molar-refractivity contribution in [3.8, 4) is 0 Å². The Hall–Kier alpha value is -0.0900. The molecule has 2 saturated carbocycles. The molecule has 3 aliphatic rings. The first-order chi connectivity index (χ1) is 5.68. The maximum absolute atomic E-state index is 11.5. The van der Waals surface area contributed by atoms with Crippen LogP contribution in [0.5, 0.6) is 0 Å². The quantitative estimate of drug-likeness (QED) is 0.594. The molecule has 0 spiro atoms. The molecule has 1 saturated heterocycles. The van der Waals surface area contributed by atoms with E-state index in [1.807, 2.05) is 0 Å². The van der Waals surface area contributed by atoms with Gasteiger partial charge in [0.15, 0.2) is 0 Å². The minimum Gasteiger partial charge on any atom is -0.215 e. The third-order valence-corrected chi connectivity index (χ3v) is 5.90. The van der Waals surface area contributed by atoms with Gasteiger partial charge in [0.05, 0.1) is 5.25 Å². The largest absolute Gasteiger partial charge is 0.215 e. The van der Waals surface area contributed by atoms with Crippen LogP contribution >= 0.6 is 0 Å². The van der Waals surface area contributed by atoms with Crippen molar-refractivity contribution in [1.82, 2.24) is 4.72 Å². The highest BCUT2D eigenvalue weighted by molar-refractivity contribution is 7.90. The lowest BCUT2D eigenvalue weighted by atomic mass is 9.89. The standard InChI is InChI=1S/C8H13NO2S/c10-12(11)8-6-2-1-5(3-6)7(8)4-9-12/h5-9H,1-4H2. The van der Waals surface area contributed by atoms with Crippen LogP contribution in [-0.4, -0.2) is 20.2 Å². The number of hydrogen-bond donors (Lipinski definition) is 1. The number of nitrogens with one attached hydrogen (secondary N) is 1. The Morgan fingerprint density at radius 2 is 1.92 bits per heavy atom. The summed E-state index contributed by atoms with van der Waals surface area (Å²) in [4.78, 5) is 0. The van der Waals surface area contributed by atoms with Gasteiger partial charge in [0.25, 0.3) is 0 Å². The predicted octanol–water partition coefficient (Wildman–Crippen LogP) is 0.334. The van der Waals surface area contributed by atoms with Crippen molar-refractivity contribution in [2.45, 2.75) is 24.5 Å². The molecular formula is C8H13NO2S. The Morgan fingerprint density at radius 3 is 2.67 bits per heavy atom. The van der Waals surface area contributed by atoms with E-state index in [9.17, 15) is 8.42 Å². The molecule has 4 heteroatoms. The van der Waals surface area contributed by atoms with Crippen LogP contribution in [0.1, 0.15) is 19.3 Å². The summed E-state index contributed by atoms with van der Waals surface area (Å²) in [6.45, 7) is 0.716. The third kappa shape index (κ3) is 0.726. The second-order valence-electron chi connectivity index (χ2n) is 4.36. The molecule has 0 aromatic rings. The normalized spacial score (nSPS) is 54.3. The van der Waals surface area contributed by atoms with Crippen molar-refractivity contribution in [2.24, 2.45) is 17.8 Å². The van der Waals surface area contributed by atoms with Crippen LogP contribution in [0, 0.1) is 17.8 Å². The van der Waals surface area contributed by atoms with Crippen molar-refractivity contribution in [3.63, 3.8) is 0 Å². The van der Waals surface area contributed by atoms with Gasteiger partial charge in [-0.1, -0.05) is 0 Å². The van der Waals surface area contributed by atoms with Gasteiger partial charge in [-0.15, -0.1) is 0 Å². The van der Waals surface area contributed by atoms with E-state index in [0.717, 1.165) is 6.42 Å². The fourth-order valence-corrected chi connectivity index (χ4v) is 5.58. The summed E-state index contributed by atoms with van der Waals surface area (Å²) in [5.41, 5.74) is 0. The summed E-state index contributed by atoms with van der Waals surface area (Å²) in [7, 11) is -2.90. The van der Waals surface area contributed by atoms with E-state index < -0.39 is 10.0 Å². The molecule has 3 fully saturated rings. The molecule has 3 rings (SSSR count). The first-order valence-corrected chi connectivity index (χ1v) is 6.21. The molecule has 0 amide bonds. The lowest BCUT2D eigenvalue weighted by molar-refractivity contribution is 0.358.